The fourth-order valence-corrected chi connectivity index (χ4v) is 1.29. The molecular formula is C7H9NaO2S. The van der Waals surface area contributed by atoms with Gasteiger partial charge in [-0.3, -0.25) is 0 Å². The van der Waals surface area contributed by atoms with Gasteiger partial charge in [0.2, 0.25) is 0 Å². The van der Waals surface area contributed by atoms with E-state index < -0.39 is 11.1 Å². The van der Waals surface area contributed by atoms with Crippen LogP contribution in [-0.2, 0) is 11.1 Å². The molecule has 0 aliphatic carbocycles. The van der Waals surface area contributed by atoms with Crippen molar-refractivity contribution in [2.45, 2.75) is 11.8 Å². The standard InChI is InChI=1S/C7H8O2S.Na.H/c1-6-4-2-3-5-7(6)10(8)9;;/h2-5H,1H3,(H,8,9);;. The van der Waals surface area contributed by atoms with Gasteiger partial charge in [-0.15, -0.1) is 0 Å². The average molecular weight is 180 g/mol. The molecule has 0 bridgehead atoms. The van der Waals surface area contributed by atoms with Crippen molar-refractivity contribution >= 4 is 40.6 Å². The summed E-state index contributed by atoms with van der Waals surface area (Å²) in [4.78, 5) is 0.488. The zero-order valence-electron chi connectivity index (χ0n) is 5.57. The van der Waals surface area contributed by atoms with E-state index in [1.807, 2.05) is 19.1 Å². The van der Waals surface area contributed by atoms with Crippen LogP contribution >= 0.6 is 0 Å². The van der Waals surface area contributed by atoms with Crippen LogP contribution < -0.4 is 0 Å². The van der Waals surface area contributed by atoms with Crippen LogP contribution in [0.3, 0.4) is 0 Å². The molecule has 1 rings (SSSR count). The zero-order valence-corrected chi connectivity index (χ0v) is 6.39. The predicted octanol–water partition coefficient (Wildman–Crippen LogP) is 0.927. The van der Waals surface area contributed by atoms with E-state index >= 15 is 0 Å². The first kappa shape index (κ1) is 11.3. The normalized spacial score (nSPS) is 11.8. The van der Waals surface area contributed by atoms with Crippen LogP contribution in [0.1, 0.15) is 5.56 Å². The molecule has 0 amide bonds. The third-order valence-corrected chi connectivity index (χ3v) is 2.12. The van der Waals surface area contributed by atoms with E-state index in [0.717, 1.165) is 5.56 Å². The van der Waals surface area contributed by atoms with Crippen molar-refractivity contribution < 1.29 is 8.76 Å². The first-order valence-corrected chi connectivity index (χ1v) is 3.99. The molecule has 56 valence electrons. The maximum absolute atomic E-state index is 10.5. The Kier molecular flexibility index (Phi) is 5.21. The van der Waals surface area contributed by atoms with Crippen molar-refractivity contribution in [3.05, 3.63) is 29.8 Å². The fourth-order valence-electron chi connectivity index (χ4n) is 0.752. The second-order valence-corrected chi connectivity index (χ2v) is 2.95. The zero-order chi connectivity index (χ0) is 7.56. The monoisotopic (exact) mass is 180 g/mol. The molecule has 0 saturated heterocycles. The molecular weight excluding hydrogens is 171 g/mol. The second kappa shape index (κ2) is 5.06. The van der Waals surface area contributed by atoms with Crippen molar-refractivity contribution in [1.29, 1.82) is 0 Å². The van der Waals surface area contributed by atoms with Gasteiger partial charge in [0.15, 0.2) is 11.1 Å². The first-order valence-electron chi connectivity index (χ1n) is 2.88. The van der Waals surface area contributed by atoms with Crippen LogP contribution in [0.5, 0.6) is 0 Å². The quantitative estimate of drug-likeness (QED) is 0.515. The van der Waals surface area contributed by atoms with Crippen LogP contribution in [0.15, 0.2) is 29.2 Å². The number of aryl methyl sites for hydroxylation is 1. The van der Waals surface area contributed by atoms with E-state index in [9.17, 15) is 4.21 Å². The number of hydrogen-bond donors (Lipinski definition) is 1. The molecule has 1 aromatic carbocycles. The fraction of sp³-hybridized carbons (Fsp3) is 0.143. The summed E-state index contributed by atoms with van der Waals surface area (Å²) in [5.74, 6) is 0. The van der Waals surface area contributed by atoms with Gasteiger partial charge in [0.25, 0.3) is 0 Å². The van der Waals surface area contributed by atoms with Gasteiger partial charge in [-0.2, -0.15) is 0 Å². The van der Waals surface area contributed by atoms with E-state index in [1.165, 1.54) is 0 Å². The summed E-state index contributed by atoms with van der Waals surface area (Å²) in [6.45, 7) is 1.81. The molecule has 4 heteroatoms. The Balaban J connectivity index is 0.000001000. The molecule has 0 aliphatic rings. The minimum absolute atomic E-state index is 0. The van der Waals surface area contributed by atoms with Crippen LogP contribution in [-0.4, -0.2) is 38.3 Å². The molecule has 0 aromatic heterocycles. The third kappa shape index (κ3) is 3.05. The van der Waals surface area contributed by atoms with Crippen molar-refractivity contribution in [1.82, 2.24) is 0 Å². The Morgan fingerprint density at radius 3 is 2.27 bits per heavy atom. The number of benzene rings is 1. The summed E-state index contributed by atoms with van der Waals surface area (Å²) in [6.07, 6.45) is 0. The molecule has 0 heterocycles. The molecule has 1 unspecified atom stereocenters. The summed E-state index contributed by atoms with van der Waals surface area (Å²) in [7, 11) is 0. The number of hydrogen-bond acceptors (Lipinski definition) is 1. The average Bonchev–Trinajstić information content (AvgIpc) is 1.88. The van der Waals surface area contributed by atoms with Gasteiger partial charge < -0.3 is 4.55 Å². The molecule has 1 atom stereocenters. The summed E-state index contributed by atoms with van der Waals surface area (Å²) < 4.78 is 19.2. The van der Waals surface area contributed by atoms with Crippen LogP contribution in [0, 0.1) is 6.92 Å². The van der Waals surface area contributed by atoms with Crippen molar-refractivity contribution in [2.24, 2.45) is 0 Å². The van der Waals surface area contributed by atoms with Crippen LogP contribution in [0.2, 0.25) is 0 Å². The van der Waals surface area contributed by atoms with E-state index in [4.69, 9.17) is 4.55 Å². The molecule has 0 spiro atoms. The van der Waals surface area contributed by atoms with Crippen LogP contribution in [0.4, 0.5) is 0 Å². The van der Waals surface area contributed by atoms with Gasteiger partial charge in [0.05, 0.1) is 4.90 Å². The van der Waals surface area contributed by atoms with E-state index in [1.54, 1.807) is 12.1 Å². The van der Waals surface area contributed by atoms with Gasteiger partial charge in [-0.05, 0) is 18.6 Å². The molecule has 2 nitrogen and oxygen atoms in total. The van der Waals surface area contributed by atoms with E-state index in [-0.39, 0.29) is 29.6 Å². The Labute approximate surface area is 90.6 Å². The van der Waals surface area contributed by atoms with Crippen molar-refractivity contribution in [2.75, 3.05) is 0 Å². The Morgan fingerprint density at radius 2 is 1.91 bits per heavy atom. The summed E-state index contributed by atoms with van der Waals surface area (Å²) >= 11 is -1.84. The minimum atomic E-state index is -1.84. The summed E-state index contributed by atoms with van der Waals surface area (Å²) in [5.41, 5.74) is 0.850. The molecule has 0 saturated carbocycles. The molecule has 0 fully saturated rings. The Hall–Kier alpha value is 0.330. The molecule has 11 heavy (non-hydrogen) atoms. The third-order valence-electron chi connectivity index (χ3n) is 1.28. The van der Waals surface area contributed by atoms with Gasteiger partial charge >= 0.3 is 29.6 Å². The van der Waals surface area contributed by atoms with Crippen molar-refractivity contribution in [3.8, 4) is 0 Å². The van der Waals surface area contributed by atoms with Crippen molar-refractivity contribution in [3.63, 3.8) is 0 Å². The van der Waals surface area contributed by atoms with E-state index in [2.05, 4.69) is 0 Å². The molecule has 1 N–H and O–H groups in total. The SMILES string of the molecule is Cc1ccccc1S(=O)O.[NaH]. The van der Waals surface area contributed by atoms with E-state index in [0.29, 0.717) is 4.90 Å². The topological polar surface area (TPSA) is 37.3 Å². The Morgan fingerprint density at radius 1 is 1.36 bits per heavy atom. The molecule has 0 radical (unpaired) electrons. The Bertz CT molecular complexity index is 262. The van der Waals surface area contributed by atoms with Crippen LogP contribution in [0.25, 0.3) is 0 Å². The van der Waals surface area contributed by atoms with Gasteiger partial charge in [0, 0.05) is 0 Å². The summed E-state index contributed by atoms with van der Waals surface area (Å²) in [6, 6.07) is 7.04. The maximum atomic E-state index is 10.5. The first-order chi connectivity index (χ1) is 4.72. The van der Waals surface area contributed by atoms with Gasteiger partial charge in [0.1, 0.15) is 0 Å². The second-order valence-electron chi connectivity index (χ2n) is 2.01. The molecule has 1 aromatic rings. The van der Waals surface area contributed by atoms with Gasteiger partial charge in [-0.25, -0.2) is 4.21 Å². The molecule has 0 aliphatic heterocycles. The van der Waals surface area contributed by atoms with Gasteiger partial charge in [-0.1, -0.05) is 18.2 Å². The summed E-state index contributed by atoms with van der Waals surface area (Å²) in [5, 5.41) is 0. The number of rotatable bonds is 1. The predicted molar refractivity (Wildman–Crippen MR) is 47.4 cm³/mol.